The molecule has 0 heterocycles. The van der Waals surface area contributed by atoms with Crippen molar-refractivity contribution in [2.24, 2.45) is 0 Å². The number of benzene rings is 3. The maximum atomic E-state index is 13.9. The van der Waals surface area contributed by atoms with Gasteiger partial charge in [0.05, 0.1) is 5.56 Å². The zero-order valence-electron chi connectivity index (χ0n) is 11.6. The first-order chi connectivity index (χ1) is 10.1. The lowest BCUT2D eigenvalue weighted by molar-refractivity contribution is 0.103. The number of carbonyl (C=O) groups excluding carboxylic acids is 1. The molecule has 0 radical (unpaired) electrons. The minimum atomic E-state index is -0.529. The van der Waals surface area contributed by atoms with Gasteiger partial charge < -0.3 is 5.73 Å². The van der Waals surface area contributed by atoms with Crippen molar-refractivity contribution in [2.45, 2.75) is 6.92 Å². The van der Waals surface area contributed by atoms with Crippen LogP contribution < -0.4 is 5.73 Å². The molecule has 0 fully saturated rings. The number of rotatable bonds is 2. The number of halogens is 1. The van der Waals surface area contributed by atoms with E-state index in [-0.39, 0.29) is 11.3 Å². The summed E-state index contributed by atoms with van der Waals surface area (Å²) in [5.41, 5.74) is 7.55. The van der Waals surface area contributed by atoms with Gasteiger partial charge in [-0.2, -0.15) is 0 Å². The van der Waals surface area contributed by atoms with E-state index in [1.54, 1.807) is 24.3 Å². The molecule has 104 valence electrons. The molecule has 0 amide bonds. The van der Waals surface area contributed by atoms with Crippen LogP contribution in [0.25, 0.3) is 10.8 Å². The molecule has 3 heteroatoms. The molecule has 0 saturated carbocycles. The van der Waals surface area contributed by atoms with Gasteiger partial charge in [-0.25, -0.2) is 4.39 Å². The molecular weight excluding hydrogens is 265 g/mol. The fourth-order valence-electron chi connectivity index (χ4n) is 2.41. The standard InChI is InChI=1S/C18H14FNO/c1-11-6-7-16(19)14(8-11)18(21)15-9-12-4-2-3-5-13(12)10-17(15)20/h2-10H,20H2,1H3. The van der Waals surface area contributed by atoms with E-state index in [0.29, 0.717) is 11.3 Å². The summed E-state index contributed by atoms with van der Waals surface area (Å²) in [5.74, 6) is -0.919. The number of hydrogen-bond acceptors (Lipinski definition) is 2. The quantitative estimate of drug-likeness (QED) is 0.567. The van der Waals surface area contributed by atoms with Crippen molar-refractivity contribution in [1.29, 1.82) is 0 Å². The Kier molecular flexibility index (Phi) is 3.18. The molecule has 0 unspecified atom stereocenters. The number of anilines is 1. The van der Waals surface area contributed by atoms with E-state index in [4.69, 9.17) is 5.73 Å². The fraction of sp³-hybridized carbons (Fsp3) is 0.0556. The van der Waals surface area contributed by atoms with Crippen molar-refractivity contribution >= 4 is 22.2 Å². The third-order valence-electron chi connectivity index (χ3n) is 3.53. The Hall–Kier alpha value is -2.68. The van der Waals surface area contributed by atoms with Gasteiger partial charge >= 0.3 is 0 Å². The third kappa shape index (κ3) is 2.38. The Morgan fingerprint density at radius 2 is 1.62 bits per heavy atom. The van der Waals surface area contributed by atoms with Gasteiger partial charge in [-0.15, -0.1) is 0 Å². The van der Waals surface area contributed by atoms with Crippen molar-refractivity contribution in [1.82, 2.24) is 0 Å². The average molecular weight is 279 g/mol. The van der Waals surface area contributed by atoms with Crippen LogP contribution in [0.5, 0.6) is 0 Å². The van der Waals surface area contributed by atoms with E-state index >= 15 is 0 Å². The number of nitrogen functional groups attached to an aromatic ring is 1. The second kappa shape index (κ2) is 5.02. The van der Waals surface area contributed by atoms with Crippen molar-refractivity contribution in [3.63, 3.8) is 0 Å². The normalized spacial score (nSPS) is 10.8. The van der Waals surface area contributed by atoms with Crippen molar-refractivity contribution in [2.75, 3.05) is 5.73 Å². The third-order valence-corrected chi connectivity index (χ3v) is 3.53. The highest BCUT2D eigenvalue weighted by Gasteiger charge is 2.17. The van der Waals surface area contributed by atoms with Crippen LogP contribution in [0.3, 0.4) is 0 Å². The molecule has 0 atom stereocenters. The van der Waals surface area contributed by atoms with Crippen LogP contribution in [-0.2, 0) is 0 Å². The van der Waals surface area contributed by atoms with Crippen LogP contribution in [0.15, 0.2) is 54.6 Å². The van der Waals surface area contributed by atoms with Gasteiger partial charge in [0.15, 0.2) is 5.78 Å². The number of nitrogens with two attached hydrogens (primary N) is 1. The van der Waals surface area contributed by atoms with E-state index in [1.165, 1.54) is 6.07 Å². The number of fused-ring (bicyclic) bond motifs is 1. The fourth-order valence-corrected chi connectivity index (χ4v) is 2.41. The summed E-state index contributed by atoms with van der Waals surface area (Å²) in [4.78, 5) is 12.6. The minimum Gasteiger partial charge on any atom is -0.398 e. The van der Waals surface area contributed by atoms with Crippen molar-refractivity contribution in [3.05, 3.63) is 77.1 Å². The molecule has 0 aliphatic carbocycles. The molecule has 0 aliphatic heterocycles. The first-order valence-corrected chi connectivity index (χ1v) is 6.65. The number of aryl methyl sites for hydroxylation is 1. The van der Waals surface area contributed by atoms with E-state index in [0.717, 1.165) is 16.3 Å². The Morgan fingerprint density at radius 1 is 0.952 bits per heavy atom. The van der Waals surface area contributed by atoms with Crippen LogP contribution >= 0.6 is 0 Å². The number of hydrogen-bond donors (Lipinski definition) is 1. The first-order valence-electron chi connectivity index (χ1n) is 6.65. The molecule has 3 aromatic carbocycles. The Morgan fingerprint density at radius 3 is 2.33 bits per heavy atom. The molecular formula is C18H14FNO. The summed E-state index contributed by atoms with van der Waals surface area (Å²) in [7, 11) is 0. The Labute approximate surface area is 122 Å². The smallest absolute Gasteiger partial charge is 0.198 e. The maximum absolute atomic E-state index is 13.9. The van der Waals surface area contributed by atoms with Crippen LogP contribution in [0.2, 0.25) is 0 Å². The highest BCUT2D eigenvalue weighted by Crippen LogP contribution is 2.25. The lowest BCUT2D eigenvalue weighted by atomic mass is 9.97. The number of ketones is 1. The maximum Gasteiger partial charge on any atom is 0.198 e. The predicted molar refractivity (Wildman–Crippen MR) is 82.9 cm³/mol. The van der Waals surface area contributed by atoms with Gasteiger partial charge in [-0.1, -0.05) is 35.9 Å². The van der Waals surface area contributed by atoms with Crippen molar-refractivity contribution in [3.8, 4) is 0 Å². The first kappa shape index (κ1) is 13.3. The van der Waals surface area contributed by atoms with E-state index < -0.39 is 5.82 Å². The topological polar surface area (TPSA) is 43.1 Å². The molecule has 0 saturated heterocycles. The molecule has 3 rings (SSSR count). The Bertz CT molecular complexity index is 855. The summed E-state index contributed by atoms with van der Waals surface area (Å²) < 4.78 is 13.9. The minimum absolute atomic E-state index is 0.0528. The van der Waals surface area contributed by atoms with E-state index in [9.17, 15) is 9.18 Å². The van der Waals surface area contributed by atoms with Crippen molar-refractivity contribution < 1.29 is 9.18 Å². The molecule has 21 heavy (non-hydrogen) atoms. The summed E-state index contributed by atoms with van der Waals surface area (Å²) in [6.07, 6.45) is 0. The zero-order valence-corrected chi connectivity index (χ0v) is 11.6. The molecule has 0 aliphatic rings. The zero-order chi connectivity index (χ0) is 15.0. The molecule has 0 aromatic heterocycles. The van der Waals surface area contributed by atoms with Crippen LogP contribution in [0.4, 0.5) is 10.1 Å². The molecule has 0 spiro atoms. The molecule has 3 aromatic rings. The predicted octanol–water partition coefficient (Wildman–Crippen LogP) is 4.10. The highest BCUT2D eigenvalue weighted by atomic mass is 19.1. The van der Waals surface area contributed by atoms with Gasteiger partial charge in [0.1, 0.15) is 5.82 Å². The number of carbonyl (C=O) groups is 1. The summed E-state index contributed by atoms with van der Waals surface area (Å²) in [6.45, 7) is 1.82. The highest BCUT2D eigenvalue weighted by molar-refractivity contribution is 6.14. The van der Waals surface area contributed by atoms with E-state index in [1.807, 2.05) is 31.2 Å². The van der Waals surface area contributed by atoms with Gasteiger partial charge in [0, 0.05) is 11.3 Å². The largest absolute Gasteiger partial charge is 0.398 e. The van der Waals surface area contributed by atoms with E-state index in [2.05, 4.69) is 0 Å². The van der Waals surface area contributed by atoms with Gasteiger partial charge in [-0.3, -0.25) is 4.79 Å². The molecule has 2 N–H and O–H groups in total. The summed E-state index contributed by atoms with van der Waals surface area (Å²) >= 11 is 0. The second-order valence-electron chi connectivity index (χ2n) is 5.10. The molecule has 2 nitrogen and oxygen atoms in total. The average Bonchev–Trinajstić information content (AvgIpc) is 2.48. The van der Waals surface area contributed by atoms with Gasteiger partial charge in [-0.05, 0) is 42.0 Å². The van der Waals surface area contributed by atoms with Crippen LogP contribution in [-0.4, -0.2) is 5.78 Å². The lowest BCUT2D eigenvalue weighted by Crippen LogP contribution is -2.08. The van der Waals surface area contributed by atoms with Crippen LogP contribution in [0, 0.1) is 12.7 Å². The van der Waals surface area contributed by atoms with Gasteiger partial charge in [0.2, 0.25) is 0 Å². The molecule has 0 bridgehead atoms. The second-order valence-corrected chi connectivity index (χ2v) is 5.10. The summed E-state index contributed by atoms with van der Waals surface area (Å²) in [5, 5.41) is 1.86. The van der Waals surface area contributed by atoms with Gasteiger partial charge in [0.25, 0.3) is 0 Å². The Balaban J connectivity index is 2.17. The lowest BCUT2D eigenvalue weighted by Gasteiger charge is -2.09. The van der Waals surface area contributed by atoms with Crippen LogP contribution in [0.1, 0.15) is 21.5 Å². The SMILES string of the molecule is Cc1ccc(F)c(C(=O)c2cc3ccccc3cc2N)c1. The summed E-state index contributed by atoms with van der Waals surface area (Å²) in [6, 6.07) is 15.6. The monoisotopic (exact) mass is 279 g/mol.